The van der Waals surface area contributed by atoms with Crippen molar-refractivity contribution < 1.29 is 4.42 Å². The molecule has 130 valence electrons. The van der Waals surface area contributed by atoms with Crippen LogP contribution in [0.3, 0.4) is 0 Å². The van der Waals surface area contributed by atoms with Crippen molar-refractivity contribution in [1.82, 2.24) is 15.1 Å². The van der Waals surface area contributed by atoms with Crippen molar-refractivity contribution >= 4 is 22.9 Å². The lowest BCUT2D eigenvalue weighted by molar-refractivity contribution is 0.186. The molecule has 2 aromatic heterocycles. The number of likely N-dealkylation sites (tertiary alicyclic amines) is 1. The number of nitrogens with zero attached hydrogens (tertiary/aromatic N) is 3. The quantitative estimate of drug-likeness (QED) is 0.635. The Morgan fingerprint density at radius 3 is 3.00 bits per heavy atom. The molecule has 1 aromatic carbocycles. The number of halogens is 1. The molecule has 3 heterocycles. The van der Waals surface area contributed by atoms with E-state index >= 15 is 0 Å². The molecule has 4 rings (SSSR count). The fourth-order valence-corrected chi connectivity index (χ4v) is 4.34. The maximum absolute atomic E-state index is 6.10. The van der Waals surface area contributed by atoms with Crippen LogP contribution < -0.4 is 0 Å². The Hall–Kier alpha value is -1.69. The van der Waals surface area contributed by atoms with Crippen molar-refractivity contribution in [2.24, 2.45) is 0 Å². The Bertz CT molecular complexity index is 860. The average Bonchev–Trinajstić information content (AvgIpc) is 3.24. The SMILES string of the molecule is Cc1ccc(-c2nnc([C@@H]3CCCN(Cc4cccc(Cl)c4)C3)o2)s1. The van der Waals surface area contributed by atoms with Gasteiger partial charge in [-0.15, -0.1) is 21.5 Å². The van der Waals surface area contributed by atoms with Gasteiger partial charge >= 0.3 is 0 Å². The molecule has 0 unspecified atom stereocenters. The Labute approximate surface area is 156 Å². The highest BCUT2D eigenvalue weighted by Crippen LogP contribution is 2.31. The molecule has 0 aliphatic carbocycles. The Morgan fingerprint density at radius 2 is 2.20 bits per heavy atom. The lowest BCUT2D eigenvalue weighted by atomic mass is 9.97. The van der Waals surface area contributed by atoms with E-state index in [9.17, 15) is 0 Å². The smallest absolute Gasteiger partial charge is 0.257 e. The van der Waals surface area contributed by atoms with Gasteiger partial charge in [0.1, 0.15) is 0 Å². The average molecular weight is 374 g/mol. The van der Waals surface area contributed by atoms with Crippen LogP contribution in [0.15, 0.2) is 40.8 Å². The van der Waals surface area contributed by atoms with E-state index in [0.29, 0.717) is 11.8 Å². The molecule has 0 saturated carbocycles. The van der Waals surface area contributed by atoms with Gasteiger partial charge in [-0.1, -0.05) is 23.7 Å². The van der Waals surface area contributed by atoms with E-state index in [1.807, 2.05) is 24.3 Å². The van der Waals surface area contributed by atoms with Crippen molar-refractivity contribution in [2.75, 3.05) is 13.1 Å². The van der Waals surface area contributed by atoms with Gasteiger partial charge in [-0.05, 0) is 56.1 Å². The van der Waals surface area contributed by atoms with E-state index in [2.05, 4.69) is 34.2 Å². The van der Waals surface area contributed by atoms with Gasteiger partial charge < -0.3 is 4.42 Å². The summed E-state index contributed by atoms with van der Waals surface area (Å²) in [7, 11) is 0. The van der Waals surface area contributed by atoms with Crippen LogP contribution in [0.2, 0.25) is 5.02 Å². The summed E-state index contributed by atoms with van der Waals surface area (Å²) in [5, 5.41) is 9.37. The van der Waals surface area contributed by atoms with Gasteiger partial charge in [0.05, 0.1) is 10.8 Å². The van der Waals surface area contributed by atoms with Crippen molar-refractivity contribution in [1.29, 1.82) is 0 Å². The standard InChI is InChI=1S/C19H20ClN3OS/c1-13-7-8-17(25-13)19-22-21-18(24-19)15-5-3-9-23(12-15)11-14-4-2-6-16(20)10-14/h2,4,6-8,10,15H,3,5,9,11-12H2,1H3/t15-/m1/s1. The first kappa shape index (κ1) is 16.8. The fraction of sp³-hybridized carbons (Fsp3) is 0.368. The topological polar surface area (TPSA) is 42.2 Å². The van der Waals surface area contributed by atoms with Gasteiger partial charge in [-0.25, -0.2) is 0 Å². The summed E-state index contributed by atoms with van der Waals surface area (Å²) in [6.45, 7) is 5.02. The molecule has 0 bridgehead atoms. The van der Waals surface area contributed by atoms with Gasteiger partial charge in [0.25, 0.3) is 5.89 Å². The van der Waals surface area contributed by atoms with Crippen LogP contribution in [-0.4, -0.2) is 28.2 Å². The zero-order chi connectivity index (χ0) is 17.2. The van der Waals surface area contributed by atoms with Crippen molar-refractivity contribution in [2.45, 2.75) is 32.2 Å². The highest BCUT2D eigenvalue weighted by molar-refractivity contribution is 7.15. The number of thiophene rings is 1. The number of benzene rings is 1. The lowest BCUT2D eigenvalue weighted by Crippen LogP contribution is -2.34. The fourth-order valence-electron chi connectivity index (χ4n) is 3.34. The highest BCUT2D eigenvalue weighted by Gasteiger charge is 2.26. The van der Waals surface area contributed by atoms with Crippen LogP contribution in [0.5, 0.6) is 0 Å². The second-order valence-corrected chi connectivity index (χ2v) is 8.28. The Balaban J connectivity index is 1.45. The zero-order valence-corrected chi connectivity index (χ0v) is 15.7. The molecule has 0 amide bonds. The van der Waals surface area contributed by atoms with Crippen LogP contribution in [0.1, 0.15) is 35.1 Å². The number of aromatic nitrogens is 2. The summed E-state index contributed by atoms with van der Waals surface area (Å²) in [6.07, 6.45) is 2.23. The summed E-state index contributed by atoms with van der Waals surface area (Å²) < 4.78 is 5.98. The zero-order valence-electron chi connectivity index (χ0n) is 14.1. The molecular formula is C19H20ClN3OS. The molecule has 25 heavy (non-hydrogen) atoms. The summed E-state index contributed by atoms with van der Waals surface area (Å²) in [6, 6.07) is 12.2. The third kappa shape index (κ3) is 3.94. The first-order chi connectivity index (χ1) is 12.2. The molecule has 1 atom stereocenters. The van der Waals surface area contributed by atoms with Crippen LogP contribution in [-0.2, 0) is 6.54 Å². The Morgan fingerprint density at radius 1 is 1.28 bits per heavy atom. The molecule has 0 N–H and O–H groups in total. The molecule has 0 radical (unpaired) electrons. The summed E-state index contributed by atoms with van der Waals surface area (Å²) in [4.78, 5) is 4.74. The van der Waals surface area contributed by atoms with E-state index in [1.165, 1.54) is 10.4 Å². The normalized spacial score (nSPS) is 18.6. The molecule has 6 heteroatoms. The van der Waals surface area contributed by atoms with Crippen LogP contribution in [0.4, 0.5) is 0 Å². The minimum atomic E-state index is 0.301. The third-order valence-electron chi connectivity index (χ3n) is 4.54. The molecule has 1 saturated heterocycles. The van der Waals surface area contributed by atoms with Crippen LogP contribution in [0.25, 0.3) is 10.8 Å². The minimum Gasteiger partial charge on any atom is -0.420 e. The summed E-state index contributed by atoms with van der Waals surface area (Å²) >= 11 is 7.78. The number of hydrogen-bond donors (Lipinski definition) is 0. The third-order valence-corrected chi connectivity index (χ3v) is 5.77. The number of hydrogen-bond acceptors (Lipinski definition) is 5. The monoisotopic (exact) mass is 373 g/mol. The molecule has 1 aliphatic rings. The van der Waals surface area contributed by atoms with Gasteiger partial charge in [0, 0.05) is 23.0 Å². The van der Waals surface area contributed by atoms with E-state index < -0.39 is 0 Å². The van der Waals surface area contributed by atoms with Gasteiger partial charge in [0.2, 0.25) is 5.89 Å². The van der Waals surface area contributed by atoms with Crippen molar-refractivity contribution in [3.05, 3.63) is 57.8 Å². The largest absolute Gasteiger partial charge is 0.420 e. The van der Waals surface area contributed by atoms with E-state index in [4.69, 9.17) is 16.0 Å². The van der Waals surface area contributed by atoms with Gasteiger partial charge in [-0.3, -0.25) is 4.90 Å². The van der Waals surface area contributed by atoms with Crippen molar-refractivity contribution in [3.8, 4) is 10.8 Å². The van der Waals surface area contributed by atoms with E-state index in [-0.39, 0.29) is 0 Å². The maximum atomic E-state index is 6.10. The van der Waals surface area contributed by atoms with Crippen LogP contribution >= 0.6 is 22.9 Å². The summed E-state index contributed by atoms with van der Waals surface area (Å²) in [5.74, 6) is 1.70. The highest BCUT2D eigenvalue weighted by atomic mass is 35.5. The predicted octanol–water partition coefficient (Wildman–Crippen LogP) is 5.14. The van der Waals surface area contributed by atoms with Gasteiger partial charge in [0.15, 0.2) is 0 Å². The Kier molecular flexibility index (Phi) is 4.88. The second kappa shape index (κ2) is 7.28. The van der Waals surface area contributed by atoms with E-state index in [1.54, 1.807) is 11.3 Å². The lowest BCUT2D eigenvalue weighted by Gasteiger charge is -2.31. The summed E-state index contributed by atoms with van der Waals surface area (Å²) in [5.41, 5.74) is 1.24. The molecular weight excluding hydrogens is 354 g/mol. The van der Waals surface area contributed by atoms with Crippen molar-refractivity contribution in [3.63, 3.8) is 0 Å². The first-order valence-electron chi connectivity index (χ1n) is 8.54. The molecule has 1 aliphatic heterocycles. The molecule has 1 fully saturated rings. The van der Waals surface area contributed by atoms with E-state index in [0.717, 1.165) is 48.3 Å². The molecule has 0 spiro atoms. The van der Waals surface area contributed by atoms with Gasteiger partial charge in [-0.2, -0.15) is 0 Å². The second-order valence-electron chi connectivity index (χ2n) is 6.56. The number of aryl methyl sites for hydroxylation is 1. The number of rotatable bonds is 4. The molecule has 4 nitrogen and oxygen atoms in total. The first-order valence-corrected chi connectivity index (χ1v) is 9.74. The molecule has 3 aromatic rings. The maximum Gasteiger partial charge on any atom is 0.257 e. The number of piperidine rings is 1. The van der Waals surface area contributed by atoms with Crippen LogP contribution in [0, 0.1) is 6.92 Å². The minimum absolute atomic E-state index is 0.301. The predicted molar refractivity (Wildman–Crippen MR) is 101 cm³/mol.